The maximum atomic E-state index is 12.5. The SMILES string of the molecule is Cc1ccc(OC(=O)C2CCC(C3CCC(C(=O)Oc4ccccc4)CC3)CC2)cc1. The van der Waals surface area contributed by atoms with Gasteiger partial charge in [-0.25, -0.2) is 0 Å². The lowest BCUT2D eigenvalue weighted by Crippen LogP contribution is -2.32. The molecule has 4 rings (SSSR count). The van der Waals surface area contributed by atoms with E-state index in [0.717, 1.165) is 56.9 Å². The van der Waals surface area contributed by atoms with Crippen molar-refractivity contribution >= 4 is 11.9 Å². The summed E-state index contributed by atoms with van der Waals surface area (Å²) in [5, 5.41) is 0. The monoisotopic (exact) mass is 420 g/mol. The van der Waals surface area contributed by atoms with Crippen LogP contribution in [-0.4, -0.2) is 11.9 Å². The van der Waals surface area contributed by atoms with E-state index in [1.807, 2.05) is 61.5 Å². The minimum atomic E-state index is -0.0905. The van der Waals surface area contributed by atoms with Crippen molar-refractivity contribution in [3.05, 3.63) is 60.2 Å². The predicted octanol–water partition coefficient (Wildman–Crippen LogP) is 6.12. The van der Waals surface area contributed by atoms with E-state index in [1.165, 1.54) is 0 Å². The Hall–Kier alpha value is -2.62. The highest BCUT2D eigenvalue weighted by Gasteiger charge is 2.35. The summed E-state index contributed by atoms with van der Waals surface area (Å²) in [6.45, 7) is 2.02. The third-order valence-corrected chi connectivity index (χ3v) is 7.08. The Morgan fingerprint density at radius 2 is 1.03 bits per heavy atom. The van der Waals surface area contributed by atoms with Crippen LogP contribution in [0.2, 0.25) is 0 Å². The number of rotatable bonds is 5. The van der Waals surface area contributed by atoms with Gasteiger partial charge in [-0.05, 0) is 94.4 Å². The number of para-hydroxylation sites is 1. The second kappa shape index (κ2) is 10.1. The number of hydrogen-bond acceptors (Lipinski definition) is 4. The highest BCUT2D eigenvalue weighted by Crippen LogP contribution is 2.42. The van der Waals surface area contributed by atoms with Gasteiger partial charge in [-0.2, -0.15) is 0 Å². The van der Waals surface area contributed by atoms with Crippen molar-refractivity contribution in [2.45, 2.75) is 58.3 Å². The number of esters is 2. The van der Waals surface area contributed by atoms with E-state index in [4.69, 9.17) is 9.47 Å². The number of carbonyl (C=O) groups is 2. The molecule has 4 heteroatoms. The van der Waals surface area contributed by atoms with Gasteiger partial charge < -0.3 is 9.47 Å². The molecule has 0 saturated heterocycles. The Balaban J connectivity index is 1.20. The molecule has 0 unspecified atom stereocenters. The molecule has 164 valence electrons. The molecule has 2 saturated carbocycles. The van der Waals surface area contributed by atoms with Gasteiger partial charge in [0.1, 0.15) is 11.5 Å². The number of hydrogen-bond donors (Lipinski definition) is 0. The lowest BCUT2D eigenvalue weighted by atomic mass is 9.69. The van der Waals surface area contributed by atoms with Crippen LogP contribution in [0.3, 0.4) is 0 Å². The van der Waals surface area contributed by atoms with Crippen molar-refractivity contribution in [3.8, 4) is 11.5 Å². The van der Waals surface area contributed by atoms with Crippen LogP contribution in [0, 0.1) is 30.6 Å². The molecule has 0 bridgehead atoms. The smallest absolute Gasteiger partial charge is 0.314 e. The van der Waals surface area contributed by atoms with Gasteiger partial charge >= 0.3 is 11.9 Å². The van der Waals surface area contributed by atoms with Crippen LogP contribution < -0.4 is 9.47 Å². The van der Waals surface area contributed by atoms with Gasteiger partial charge in [-0.1, -0.05) is 35.9 Å². The standard InChI is InChI=1S/C27H32O4/c1-19-7-17-25(18-8-19)31-27(29)23-15-11-21(12-16-23)20-9-13-22(14-10-20)26(28)30-24-5-3-2-4-6-24/h2-8,17-18,20-23H,9-16H2,1H3. The van der Waals surface area contributed by atoms with E-state index in [-0.39, 0.29) is 23.8 Å². The normalized spacial score (nSPS) is 26.1. The molecule has 0 atom stereocenters. The van der Waals surface area contributed by atoms with Crippen LogP contribution in [0.25, 0.3) is 0 Å². The molecule has 0 aromatic heterocycles. The first-order chi connectivity index (χ1) is 15.1. The molecular weight excluding hydrogens is 388 g/mol. The zero-order valence-electron chi connectivity index (χ0n) is 18.3. The second-order valence-electron chi connectivity index (χ2n) is 9.19. The number of ether oxygens (including phenoxy) is 2. The lowest BCUT2D eigenvalue weighted by Gasteiger charge is -2.36. The molecule has 0 N–H and O–H groups in total. The molecule has 2 fully saturated rings. The Morgan fingerprint density at radius 3 is 1.48 bits per heavy atom. The Labute approximate surface area is 185 Å². The van der Waals surface area contributed by atoms with Gasteiger partial charge in [-0.3, -0.25) is 9.59 Å². The lowest BCUT2D eigenvalue weighted by molar-refractivity contribution is -0.142. The number of aryl methyl sites for hydroxylation is 1. The van der Waals surface area contributed by atoms with Crippen molar-refractivity contribution in [2.24, 2.45) is 23.7 Å². The zero-order valence-corrected chi connectivity index (χ0v) is 18.3. The van der Waals surface area contributed by atoms with E-state index >= 15 is 0 Å². The molecule has 31 heavy (non-hydrogen) atoms. The Kier molecular flexibility index (Phi) is 7.06. The average Bonchev–Trinajstić information content (AvgIpc) is 2.81. The fourth-order valence-electron chi connectivity index (χ4n) is 5.15. The van der Waals surface area contributed by atoms with Crippen LogP contribution in [-0.2, 0) is 9.59 Å². The first-order valence-electron chi connectivity index (χ1n) is 11.6. The molecule has 2 aromatic rings. The fourth-order valence-corrected chi connectivity index (χ4v) is 5.15. The molecule has 2 aliphatic rings. The summed E-state index contributed by atoms with van der Waals surface area (Å²) in [5.41, 5.74) is 1.16. The maximum absolute atomic E-state index is 12.5. The van der Waals surface area contributed by atoms with E-state index in [9.17, 15) is 9.59 Å². The highest BCUT2D eigenvalue weighted by atomic mass is 16.5. The molecule has 0 radical (unpaired) electrons. The maximum Gasteiger partial charge on any atom is 0.314 e. The van der Waals surface area contributed by atoms with Crippen LogP contribution >= 0.6 is 0 Å². The molecule has 0 amide bonds. The minimum absolute atomic E-state index is 0.00902. The van der Waals surface area contributed by atoms with Gasteiger partial charge in [0.05, 0.1) is 11.8 Å². The predicted molar refractivity (Wildman–Crippen MR) is 120 cm³/mol. The third kappa shape index (κ3) is 5.75. The van der Waals surface area contributed by atoms with Crippen molar-refractivity contribution in [1.82, 2.24) is 0 Å². The average molecular weight is 421 g/mol. The van der Waals surface area contributed by atoms with Crippen LogP contribution in [0.5, 0.6) is 11.5 Å². The van der Waals surface area contributed by atoms with Gasteiger partial charge in [-0.15, -0.1) is 0 Å². The van der Waals surface area contributed by atoms with Crippen molar-refractivity contribution in [3.63, 3.8) is 0 Å². The van der Waals surface area contributed by atoms with Gasteiger partial charge in [0.15, 0.2) is 0 Å². The van der Waals surface area contributed by atoms with Gasteiger partial charge in [0, 0.05) is 0 Å². The zero-order chi connectivity index (χ0) is 21.6. The van der Waals surface area contributed by atoms with Crippen LogP contribution in [0.4, 0.5) is 0 Å². The molecular formula is C27H32O4. The van der Waals surface area contributed by atoms with Crippen molar-refractivity contribution in [1.29, 1.82) is 0 Å². The Bertz CT molecular complexity index is 858. The largest absolute Gasteiger partial charge is 0.426 e. The van der Waals surface area contributed by atoms with E-state index < -0.39 is 0 Å². The number of benzene rings is 2. The van der Waals surface area contributed by atoms with Crippen molar-refractivity contribution in [2.75, 3.05) is 0 Å². The van der Waals surface area contributed by atoms with E-state index in [1.54, 1.807) is 0 Å². The molecule has 0 heterocycles. The number of carbonyl (C=O) groups excluding carboxylic acids is 2. The first kappa shape index (κ1) is 21.6. The summed E-state index contributed by atoms with van der Waals surface area (Å²) in [6, 6.07) is 17.0. The first-order valence-corrected chi connectivity index (χ1v) is 11.6. The van der Waals surface area contributed by atoms with Crippen LogP contribution in [0.1, 0.15) is 56.9 Å². The third-order valence-electron chi connectivity index (χ3n) is 7.08. The van der Waals surface area contributed by atoms with Gasteiger partial charge in [0.25, 0.3) is 0 Å². The van der Waals surface area contributed by atoms with Crippen LogP contribution in [0.15, 0.2) is 54.6 Å². The summed E-state index contributed by atoms with van der Waals surface area (Å²) in [4.78, 5) is 25.0. The summed E-state index contributed by atoms with van der Waals surface area (Å²) in [5.74, 6) is 2.43. The fraction of sp³-hybridized carbons (Fsp3) is 0.481. The molecule has 4 nitrogen and oxygen atoms in total. The molecule has 2 aromatic carbocycles. The summed E-state index contributed by atoms with van der Waals surface area (Å²) >= 11 is 0. The summed E-state index contributed by atoms with van der Waals surface area (Å²) < 4.78 is 11.1. The minimum Gasteiger partial charge on any atom is -0.426 e. The highest BCUT2D eigenvalue weighted by molar-refractivity contribution is 5.75. The van der Waals surface area contributed by atoms with Gasteiger partial charge in [0.2, 0.25) is 0 Å². The molecule has 2 aliphatic carbocycles. The van der Waals surface area contributed by atoms with E-state index in [0.29, 0.717) is 23.3 Å². The second-order valence-corrected chi connectivity index (χ2v) is 9.19. The van der Waals surface area contributed by atoms with Crippen molar-refractivity contribution < 1.29 is 19.1 Å². The topological polar surface area (TPSA) is 52.6 Å². The molecule has 0 aliphatic heterocycles. The summed E-state index contributed by atoms with van der Waals surface area (Å²) in [6.07, 6.45) is 7.96. The van der Waals surface area contributed by atoms with E-state index in [2.05, 4.69) is 0 Å². The quantitative estimate of drug-likeness (QED) is 0.432. The Morgan fingerprint density at radius 1 is 0.613 bits per heavy atom. The summed E-state index contributed by atoms with van der Waals surface area (Å²) in [7, 11) is 0. The molecule has 0 spiro atoms.